The van der Waals surface area contributed by atoms with Crippen LogP contribution in [0.1, 0.15) is 30.5 Å². The van der Waals surface area contributed by atoms with Crippen molar-refractivity contribution in [2.45, 2.75) is 34.6 Å². The van der Waals surface area contributed by atoms with Crippen molar-refractivity contribution in [1.82, 2.24) is 0 Å². The molecule has 11 heteroatoms. The summed E-state index contributed by atoms with van der Waals surface area (Å²) in [5, 5.41) is 0. The number of phosphoric ester groups is 1. The van der Waals surface area contributed by atoms with E-state index in [0.29, 0.717) is 5.75 Å². The lowest BCUT2D eigenvalue weighted by Crippen LogP contribution is -2.41. The molecule has 0 saturated heterocycles. The summed E-state index contributed by atoms with van der Waals surface area (Å²) in [4.78, 5) is 0. The highest BCUT2D eigenvalue weighted by Gasteiger charge is 2.29. The smallest absolute Gasteiger partial charge is 0.530 e. The Kier molecular flexibility index (Phi) is 9.81. The molecule has 9 nitrogen and oxygen atoms in total. The van der Waals surface area contributed by atoms with Gasteiger partial charge in [-0.25, -0.2) is 13.0 Å². The molecule has 0 amide bonds. The molecule has 1 aromatic carbocycles. The van der Waals surface area contributed by atoms with E-state index in [1.807, 2.05) is 26.8 Å². The Morgan fingerprint density at radius 1 is 1.12 bits per heavy atom. The topological polar surface area (TPSA) is 139 Å². The Balaban J connectivity index is 0.000000823. The highest BCUT2D eigenvalue weighted by molar-refractivity contribution is 7.80. The van der Waals surface area contributed by atoms with Crippen molar-refractivity contribution < 1.29 is 41.0 Å². The van der Waals surface area contributed by atoms with Crippen molar-refractivity contribution in [3.8, 4) is 5.75 Å². The first kappa shape index (κ1) is 24.0. The molecule has 146 valence electrons. The van der Waals surface area contributed by atoms with Gasteiger partial charge < -0.3 is 14.8 Å². The van der Waals surface area contributed by atoms with E-state index in [4.69, 9.17) is 13.6 Å². The average molecular weight is 399 g/mol. The van der Waals surface area contributed by atoms with Gasteiger partial charge >= 0.3 is 7.82 Å². The van der Waals surface area contributed by atoms with E-state index in [9.17, 15) is 17.5 Å². The molecule has 0 aliphatic rings. The summed E-state index contributed by atoms with van der Waals surface area (Å²) in [6, 6.07) is 1.98. The van der Waals surface area contributed by atoms with Gasteiger partial charge in [-0.05, 0) is 45.7 Å². The molecule has 0 aliphatic carbocycles. The van der Waals surface area contributed by atoms with Crippen molar-refractivity contribution in [1.29, 1.82) is 0 Å². The first-order valence-electron chi connectivity index (χ1n) is 7.43. The highest BCUT2D eigenvalue weighted by atomic mass is 32.3. The zero-order valence-electron chi connectivity index (χ0n) is 15.3. The van der Waals surface area contributed by atoms with Crippen LogP contribution in [0.3, 0.4) is 0 Å². The first-order chi connectivity index (χ1) is 11.4. The summed E-state index contributed by atoms with van der Waals surface area (Å²) in [6.07, 6.45) is 0. The third-order valence-corrected chi connectivity index (χ3v) is 5.09. The van der Waals surface area contributed by atoms with Crippen molar-refractivity contribution in [3.63, 3.8) is 0 Å². The maximum absolute atomic E-state index is 12.4. The Hall–Kier alpha value is -1.00. The molecule has 0 spiro atoms. The standard InChI is InChI=1S/C13H22NO4P.CH4O4S/c1-6-16-19(15,17-7-2)18-13-10(4)9(3)8-12(14)11(13)5;1-5-6(2,3)4/h8H,6-7,14H2,1-5H3;1H3,(H,2,3,4). The van der Waals surface area contributed by atoms with Gasteiger partial charge in [0.15, 0.2) is 0 Å². The van der Waals surface area contributed by atoms with Crippen LogP contribution >= 0.6 is 7.82 Å². The Labute approximate surface area is 149 Å². The highest BCUT2D eigenvalue weighted by Crippen LogP contribution is 2.51. The van der Waals surface area contributed by atoms with Crippen LogP contribution in [0.5, 0.6) is 5.75 Å². The van der Waals surface area contributed by atoms with Crippen LogP contribution in [0.2, 0.25) is 0 Å². The number of quaternary nitrogens is 1. The molecule has 0 bridgehead atoms. The fraction of sp³-hybridized carbons (Fsp3) is 0.571. The maximum Gasteiger partial charge on any atom is 0.530 e. The molecular formula is C14H26NO8PS. The summed E-state index contributed by atoms with van der Waals surface area (Å²) >= 11 is 0. The quantitative estimate of drug-likeness (QED) is 0.418. The van der Waals surface area contributed by atoms with Crippen LogP contribution in [-0.2, 0) is 28.2 Å². The summed E-state index contributed by atoms with van der Waals surface area (Å²) in [5.74, 6) is 0.537. The summed E-state index contributed by atoms with van der Waals surface area (Å²) in [5.41, 5.74) is 7.60. The number of benzene rings is 1. The normalized spacial score (nSPS) is 11.7. The molecule has 25 heavy (non-hydrogen) atoms. The summed E-state index contributed by atoms with van der Waals surface area (Å²) < 4.78 is 59.3. The van der Waals surface area contributed by atoms with Gasteiger partial charge in [0, 0.05) is 6.07 Å². The molecule has 0 radical (unpaired) electrons. The van der Waals surface area contributed by atoms with Crippen LogP contribution < -0.4 is 10.3 Å². The summed E-state index contributed by atoms with van der Waals surface area (Å²) in [7, 11) is -7.17. The SMILES string of the molecule is CCOP(=O)(OCC)Oc1c(C)c(C)cc([NH3+])c1C.COS(=O)(=O)[O-]. The molecular weight excluding hydrogens is 373 g/mol. The van der Waals surface area contributed by atoms with Gasteiger partial charge in [-0.1, -0.05) is 0 Å². The Morgan fingerprint density at radius 2 is 1.56 bits per heavy atom. The van der Waals surface area contributed by atoms with Gasteiger partial charge in [-0.3, -0.25) is 13.2 Å². The molecule has 1 rings (SSSR count). The van der Waals surface area contributed by atoms with Crippen molar-refractivity contribution in [2.24, 2.45) is 0 Å². The molecule has 0 aromatic heterocycles. The number of phosphoric acid groups is 1. The molecule has 3 N–H and O–H groups in total. The first-order valence-corrected chi connectivity index (χ1v) is 10.2. The second kappa shape index (κ2) is 10.2. The fourth-order valence-corrected chi connectivity index (χ4v) is 3.05. The lowest BCUT2D eigenvalue weighted by Gasteiger charge is -2.20. The number of aryl methyl sites for hydroxylation is 1. The molecule has 0 saturated carbocycles. The van der Waals surface area contributed by atoms with E-state index in [-0.39, 0.29) is 13.2 Å². The largest absolute Gasteiger partial charge is 0.726 e. The van der Waals surface area contributed by atoms with Crippen LogP contribution in [-0.4, -0.2) is 33.3 Å². The molecule has 0 unspecified atom stereocenters. The molecule has 0 fully saturated rings. The molecule has 0 aliphatic heterocycles. The minimum atomic E-state index is -4.41. The van der Waals surface area contributed by atoms with Crippen LogP contribution in [0.25, 0.3) is 0 Å². The number of rotatable bonds is 7. The zero-order valence-corrected chi connectivity index (χ0v) is 17.0. The zero-order chi connectivity index (χ0) is 19.8. The minimum Gasteiger partial charge on any atom is -0.726 e. The Bertz CT molecular complexity index is 684. The van der Waals surface area contributed by atoms with Gasteiger partial charge in [0.05, 0.1) is 25.9 Å². The second-order valence-corrected chi connectivity index (χ2v) is 7.62. The summed E-state index contributed by atoms with van der Waals surface area (Å²) in [6.45, 7) is 9.78. The van der Waals surface area contributed by atoms with Gasteiger partial charge in [-0.15, -0.1) is 0 Å². The van der Waals surface area contributed by atoms with E-state index in [1.54, 1.807) is 13.8 Å². The van der Waals surface area contributed by atoms with Crippen LogP contribution in [0.4, 0.5) is 5.69 Å². The van der Waals surface area contributed by atoms with Gasteiger partial charge in [0.25, 0.3) is 0 Å². The predicted octanol–water partition coefficient (Wildman–Crippen LogP) is 2.14. The van der Waals surface area contributed by atoms with Gasteiger partial charge in [-0.2, -0.15) is 0 Å². The third kappa shape index (κ3) is 8.28. The fourth-order valence-electron chi connectivity index (χ4n) is 1.74. The van der Waals surface area contributed by atoms with E-state index in [1.165, 1.54) is 0 Å². The average Bonchev–Trinajstić information content (AvgIpc) is 2.50. The Morgan fingerprint density at radius 3 is 1.92 bits per heavy atom. The molecule has 0 atom stereocenters. The third-order valence-electron chi connectivity index (χ3n) is 3.13. The minimum absolute atomic E-state index is 0.262. The predicted molar refractivity (Wildman–Crippen MR) is 91.4 cm³/mol. The molecule has 1 aromatic rings. The maximum atomic E-state index is 12.4. The monoisotopic (exact) mass is 399 g/mol. The van der Waals surface area contributed by atoms with E-state index in [2.05, 4.69) is 9.92 Å². The van der Waals surface area contributed by atoms with E-state index >= 15 is 0 Å². The lowest BCUT2D eigenvalue weighted by atomic mass is 10.0. The second-order valence-electron chi connectivity index (χ2n) is 4.88. The van der Waals surface area contributed by atoms with Gasteiger partial charge in [0.2, 0.25) is 10.4 Å². The van der Waals surface area contributed by atoms with Crippen LogP contribution in [0, 0.1) is 20.8 Å². The van der Waals surface area contributed by atoms with Crippen molar-refractivity contribution in [2.75, 3.05) is 20.3 Å². The molecule has 0 heterocycles. The number of hydrogen-bond acceptors (Lipinski definition) is 8. The van der Waals surface area contributed by atoms with E-state index < -0.39 is 18.2 Å². The van der Waals surface area contributed by atoms with Crippen LogP contribution in [0.15, 0.2) is 6.07 Å². The lowest BCUT2D eigenvalue weighted by molar-refractivity contribution is -0.255. The van der Waals surface area contributed by atoms with Crippen molar-refractivity contribution in [3.05, 3.63) is 22.8 Å². The van der Waals surface area contributed by atoms with Gasteiger partial charge in [0.1, 0.15) is 11.4 Å². The van der Waals surface area contributed by atoms with Crippen molar-refractivity contribution >= 4 is 23.9 Å². The van der Waals surface area contributed by atoms with E-state index in [0.717, 1.165) is 29.5 Å². The number of hydrogen-bond donors (Lipinski definition) is 1.